The number of ketones is 1. The molecule has 2 heteroatoms. The molecule has 1 aliphatic carbocycles. The summed E-state index contributed by atoms with van der Waals surface area (Å²) in [6.45, 7) is 2.20. The van der Waals surface area contributed by atoms with E-state index in [0.29, 0.717) is 6.42 Å². The number of carbonyl (C=O) groups excluding carboxylic acids is 1. The molecule has 0 spiro atoms. The Bertz CT molecular complexity index is 207. The van der Waals surface area contributed by atoms with Crippen molar-refractivity contribution in [2.75, 3.05) is 0 Å². The maximum atomic E-state index is 12.0. The summed E-state index contributed by atoms with van der Waals surface area (Å²) in [6, 6.07) is 0. The minimum absolute atomic E-state index is 0.125. The van der Waals surface area contributed by atoms with E-state index in [2.05, 4.69) is 6.92 Å². The molecule has 0 aliphatic heterocycles. The molecule has 0 aromatic heterocycles. The Morgan fingerprint density at radius 3 is 2.41 bits per heavy atom. The molecule has 1 saturated carbocycles. The molecule has 1 fully saturated rings. The van der Waals surface area contributed by atoms with Crippen LogP contribution in [0.1, 0.15) is 77.6 Å². The second kappa shape index (κ2) is 8.68. The van der Waals surface area contributed by atoms with Crippen molar-refractivity contribution in [2.45, 2.75) is 83.7 Å². The molecule has 17 heavy (non-hydrogen) atoms. The van der Waals surface area contributed by atoms with Gasteiger partial charge in [-0.05, 0) is 19.3 Å². The van der Waals surface area contributed by atoms with Gasteiger partial charge in [0.25, 0.3) is 0 Å². The van der Waals surface area contributed by atoms with Crippen LogP contribution in [0.4, 0.5) is 0 Å². The van der Waals surface area contributed by atoms with Crippen LogP contribution in [-0.4, -0.2) is 17.0 Å². The monoisotopic (exact) mass is 240 g/mol. The zero-order chi connectivity index (χ0) is 12.5. The average molecular weight is 240 g/mol. The summed E-state index contributed by atoms with van der Waals surface area (Å²) in [6.07, 6.45) is 11.5. The fourth-order valence-electron chi connectivity index (χ4n) is 2.74. The van der Waals surface area contributed by atoms with Gasteiger partial charge in [-0.1, -0.05) is 58.3 Å². The number of Topliss-reactive ketones (excluding diaryl/α,β-unsaturated/α-hetero) is 1. The molecule has 1 unspecified atom stereocenters. The van der Waals surface area contributed by atoms with Gasteiger partial charge in [0, 0.05) is 5.92 Å². The van der Waals surface area contributed by atoms with Gasteiger partial charge in [-0.3, -0.25) is 4.79 Å². The zero-order valence-corrected chi connectivity index (χ0v) is 11.3. The molecule has 1 atom stereocenters. The molecule has 2 nitrogen and oxygen atoms in total. The van der Waals surface area contributed by atoms with E-state index < -0.39 is 6.10 Å². The maximum absolute atomic E-state index is 12.0. The summed E-state index contributed by atoms with van der Waals surface area (Å²) in [5.41, 5.74) is 0. The first-order valence-corrected chi connectivity index (χ1v) is 7.47. The van der Waals surface area contributed by atoms with E-state index in [-0.39, 0.29) is 11.7 Å². The third-order valence-corrected chi connectivity index (χ3v) is 3.92. The van der Waals surface area contributed by atoms with Gasteiger partial charge in [0.1, 0.15) is 6.10 Å². The Morgan fingerprint density at radius 2 is 1.76 bits per heavy atom. The van der Waals surface area contributed by atoms with Crippen molar-refractivity contribution < 1.29 is 9.90 Å². The number of unbranched alkanes of at least 4 members (excludes halogenated alkanes) is 4. The zero-order valence-electron chi connectivity index (χ0n) is 11.3. The molecule has 0 amide bonds. The number of aliphatic hydroxyl groups is 1. The summed E-state index contributed by atoms with van der Waals surface area (Å²) < 4.78 is 0. The Hall–Kier alpha value is -0.370. The molecule has 0 heterocycles. The van der Waals surface area contributed by atoms with Crippen LogP contribution in [0.15, 0.2) is 0 Å². The lowest BCUT2D eigenvalue weighted by Crippen LogP contribution is -2.29. The van der Waals surface area contributed by atoms with E-state index in [1.54, 1.807) is 0 Å². The van der Waals surface area contributed by atoms with Gasteiger partial charge in [-0.25, -0.2) is 0 Å². The third kappa shape index (κ3) is 5.67. The van der Waals surface area contributed by atoms with Crippen molar-refractivity contribution in [1.82, 2.24) is 0 Å². The first-order valence-electron chi connectivity index (χ1n) is 7.47. The predicted octanol–water partition coefficient (Wildman–Crippen LogP) is 3.86. The van der Waals surface area contributed by atoms with Gasteiger partial charge in [0.05, 0.1) is 0 Å². The molecular weight excluding hydrogens is 212 g/mol. The van der Waals surface area contributed by atoms with E-state index in [1.807, 2.05) is 0 Å². The van der Waals surface area contributed by atoms with Crippen LogP contribution in [0.3, 0.4) is 0 Å². The third-order valence-electron chi connectivity index (χ3n) is 3.92. The molecule has 0 aromatic rings. The van der Waals surface area contributed by atoms with Gasteiger partial charge in [0.15, 0.2) is 5.78 Å². The summed E-state index contributed by atoms with van der Waals surface area (Å²) in [5.74, 6) is 0.287. The second-order valence-corrected chi connectivity index (χ2v) is 5.46. The largest absolute Gasteiger partial charge is 0.385 e. The maximum Gasteiger partial charge on any atom is 0.164 e. The Balaban J connectivity index is 2.12. The molecule has 0 saturated heterocycles. The smallest absolute Gasteiger partial charge is 0.164 e. The average Bonchev–Trinajstić information content (AvgIpc) is 2.38. The van der Waals surface area contributed by atoms with E-state index in [4.69, 9.17) is 0 Å². The highest BCUT2D eigenvalue weighted by Gasteiger charge is 2.26. The Morgan fingerprint density at radius 1 is 1.12 bits per heavy atom. The molecular formula is C15H28O2. The Labute approximate surface area is 106 Å². The van der Waals surface area contributed by atoms with Crippen molar-refractivity contribution in [3.63, 3.8) is 0 Å². The van der Waals surface area contributed by atoms with Crippen molar-refractivity contribution in [2.24, 2.45) is 5.92 Å². The molecule has 1 N–H and O–H groups in total. The SMILES string of the molecule is CCCCCCCC(O)C(=O)C1CCCCC1. The lowest BCUT2D eigenvalue weighted by atomic mass is 9.83. The normalized spacial score (nSPS) is 19.2. The number of rotatable bonds is 8. The highest BCUT2D eigenvalue weighted by molar-refractivity contribution is 5.85. The first-order chi connectivity index (χ1) is 8.25. The fraction of sp³-hybridized carbons (Fsp3) is 0.933. The van der Waals surface area contributed by atoms with Crippen molar-refractivity contribution in [1.29, 1.82) is 0 Å². The molecule has 0 bridgehead atoms. The highest BCUT2D eigenvalue weighted by Crippen LogP contribution is 2.26. The van der Waals surface area contributed by atoms with Crippen LogP contribution in [0.2, 0.25) is 0 Å². The van der Waals surface area contributed by atoms with Crippen LogP contribution in [-0.2, 0) is 4.79 Å². The van der Waals surface area contributed by atoms with E-state index in [1.165, 1.54) is 38.5 Å². The van der Waals surface area contributed by atoms with E-state index in [9.17, 15) is 9.90 Å². The lowest BCUT2D eigenvalue weighted by Gasteiger charge is -2.22. The minimum atomic E-state index is -0.681. The summed E-state index contributed by atoms with van der Waals surface area (Å²) in [5, 5.41) is 9.88. The van der Waals surface area contributed by atoms with E-state index >= 15 is 0 Å². The standard InChI is InChI=1S/C15H28O2/c1-2-3-4-5-9-12-14(16)15(17)13-10-7-6-8-11-13/h13-14,16H,2-12H2,1H3. The minimum Gasteiger partial charge on any atom is -0.385 e. The van der Waals surface area contributed by atoms with Crippen LogP contribution in [0.25, 0.3) is 0 Å². The van der Waals surface area contributed by atoms with Crippen LogP contribution in [0.5, 0.6) is 0 Å². The number of hydrogen-bond acceptors (Lipinski definition) is 2. The predicted molar refractivity (Wildman–Crippen MR) is 71.0 cm³/mol. The number of aliphatic hydroxyl groups excluding tert-OH is 1. The quantitative estimate of drug-likeness (QED) is 0.654. The number of carbonyl (C=O) groups is 1. The van der Waals surface area contributed by atoms with Crippen molar-refractivity contribution >= 4 is 5.78 Å². The van der Waals surface area contributed by atoms with Gasteiger partial charge >= 0.3 is 0 Å². The first kappa shape index (κ1) is 14.7. The van der Waals surface area contributed by atoms with Gasteiger partial charge in [-0.2, -0.15) is 0 Å². The van der Waals surface area contributed by atoms with Gasteiger partial charge in [0.2, 0.25) is 0 Å². The molecule has 0 radical (unpaired) electrons. The van der Waals surface area contributed by atoms with Crippen LogP contribution in [0, 0.1) is 5.92 Å². The Kier molecular flexibility index (Phi) is 7.50. The summed E-state index contributed by atoms with van der Waals surface area (Å²) in [7, 11) is 0. The fourth-order valence-corrected chi connectivity index (χ4v) is 2.74. The van der Waals surface area contributed by atoms with Crippen molar-refractivity contribution in [3.05, 3.63) is 0 Å². The molecule has 1 rings (SSSR count). The van der Waals surface area contributed by atoms with Crippen LogP contribution >= 0.6 is 0 Å². The number of hydrogen-bond donors (Lipinski definition) is 1. The van der Waals surface area contributed by atoms with Gasteiger partial charge in [-0.15, -0.1) is 0 Å². The van der Waals surface area contributed by atoms with E-state index in [0.717, 1.165) is 25.7 Å². The topological polar surface area (TPSA) is 37.3 Å². The molecule has 0 aromatic carbocycles. The van der Waals surface area contributed by atoms with Crippen molar-refractivity contribution in [3.8, 4) is 0 Å². The summed E-state index contributed by atoms with van der Waals surface area (Å²) in [4.78, 5) is 12.0. The summed E-state index contributed by atoms with van der Waals surface area (Å²) >= 11 is 0. The molecule has 100 valence electrons. The van der Waals surface area contributed by atoms with Crippen LogP contribution < -0.4 is 0 Å². The second-order valence-electron chi connectivity index (χ2n) is 5.46. The van der Waals surface area contributed by atoms with Gasteiger partial charge < -0.3 is 5.11 Å². The molecule has 1 aliphatic rings. The highest BCUT2D eigenvalue weighted by atomic mass is 16.3. The lowest BCUT2D eigenvalue weighted by molar-refractivity contribution is -0.132.